The molecule has 1 heterocycles. The average molecular weight is 230 g/mol. The zero-order valence-corrected chi connectivity index (χ0v) is 9.58. The van der Waals surface area contributed by atoms with Crippen LogP contribution in [0.25, 0.3) is 0 Å². The van der Waals surface area contributed by atoms with Gasteiger partial charge in [-0.05, 0) is 5.56 Å². The number of hydrogen-bond acceptors (Lipinski definition) is 4. The van der Waals surface area contributed by atoms with Crippen molar-refractivity contribution in [2.24, 2.45) is 12.8 Å². The molecule has 0 radical (unpaired) electrons. The predicted octanol–water partition coefficient (Wildman–Crippen LogP) is 0.627. The van der Waals surface area contributed by atoms with Crippen molar-refractivity contribution >= 4 is 5.78 Å². The first-order chi connectivity index (χ1) is 8.16. The fraction of sp³-hybridized carbons (Fsp3) is 0.250. The molecular formula is C12H14N4O. The minimum absolute atomic E-state index is 0.0586. The Morgan fingerprint density at radius 2 is 2.12 bits per heavy atom. The predicted molar refractivity (Wildman–Crippen MR) is 63.1 cm³/mol. The first-order valence-corrected chi connectivity index (χ1v) is 5.35. The highest BCUT2D eigenvalue weighted by Gasteiger charge is 2.17. The standard InChI is InChI=1S/C12H14N4O/c1-16-8-10(14-15-16)7-11(17)12(13)9-5-3-2-4-6-9/h2-6,8,12H,7,13H2,1H3/t12-/m1/s1. The van der Waals surface area contributed by atoms with E-state index in [1.54, 1.807) is 17.9 Å². The van der Waals surface area contributed by atoms with Crippen molar-refractivity contribution in [3.05, 3.63) is 47.8 Å². The van der Waals surface area contributed by atoms with Crippen LogP contribution < -0.4 is 5.73 Å². The van der Waals surface area contributed by atoms with Crippen LogP contribution in [0.4, 0.5) is 0 Å². The Hall–Kier alpha value is -2.01. The first-order valence-electron chi connectivity index (χ1n) is 5.35. The lowest BCUT2D eigenvalue weighted by molar-refractivity contribution is -0.119. The maximum Gasteiger partial charge on any atom is 0.160 e. The minimum atomic E-state index is -0.599. The van der Waals surface area contributed by atoms with Gasteiger partial charge in [0.2, 0.25) is 0 Å². The Labute approximate surface area is 99.2 Å². The Balaban J connectivity index is 2.06. The van der Waals surface area contributed by atoms with E-state index in [-0.39, 0.29) is 12.2 Å². The summed E-state index contributed by atoms with van der Waals surface area (Å²) >= 11 is 0. The molecule has 0 aliphatic rings. The van der Waals surface area contributed by atoms with Gasteiger partial charge in [-0.25, -0.2) is 0 Å². The monoisotopic (exact) mass is 230 g/mol. The number of nitrogens with zero attached hydrogens (tertiary/aromatic N) is 3. The lowest BCUT2D eigenvalue weighted by atomic mass is 10.0. The van der Waals surface area contributed by atoms with Crippen LogP contribution in [-0.2, 0) is 18.3 Å². The Morgan fingerprint density at radius 1 is 1.41 bits per heavy atom. The third-order valence-corrected chi connectivity index (χ3v) is 2.51. The molecule has 5 nitrogen and oxygen atoms in total. The normalized spacial score (nSPS) is 12.4. The first kappa shape index (κ1) is 11.5. The van der Waals surface area contributed by atoms with Crippen LogP contribution >= 0.6 is 0 Å². The smallest absolute Gasteiger partial charge is 0.160 e. The molecule has 1 atom stereocenters. The van der Waals surface area contributed by atoms with Crippen LogP contribution in [0.5, 0.6) is 0 Å². The highest BCUT2D eigenvalue weighted by atomic mass is 16.1. The second kappa shape index (κ2) is 4.88. The van der Waals surface area contributed by atoms with Gasteiger partial charge in [-0.1, -0.05) is 35.5 Å². The molecule has 5 heteroatoms. The van der Waals surface area contributed by atoms with E-state index in [1.165, 1.54) is 0 Å². The molecule has 0 saturated carbocycles. The zero-order chi connectivity index (χ0) is 12.3. The van der Waals surface area contributed by atoms with Crippen LogP contribution in [-0.4, -0.2) is 20.8 Å². The van der Waals surface area contributed by atoms with Crippen LogP contribution in [0.1, 0.15) is 17.3 Å². The van der Waals surface area contributed by atoms with E-state index in [1.807, 2.05) is 30.3 Å². The summed E-state index contributed by atoms with van der Waals surface area (Å²) in [7, 11) is 1.76. The highest BCUT2D eigenvalue weighted by Crippen LogP contribution is 2.12. The molecule has 2 N–H and O–H groups in total. The van der Waals surface area contributed by atoms with Gasteiger partial charge in [0.1, 0.15) is 0 Å². The van der Waals surface area contributed by atoms with E-state index < -0.39 is 6.04 Å². The SMILES string of the molecule is Cn1cc(CC(=O)[C@H](N)c2ccccc2)nn1. The van der Waals surface area contributed by atoms with E-state index in [9.17, 15) is 4.79 Å². The summed E-state index contributed by atoms with van der Waals surface area (Å²) in [5, 5.41) is 7.64. The summed E-state index contributed by atoms with van der Waals surface area (Å²) in [6.45, 7) is 0. The van der Waals surface area contributed by atoms with Gasteiger partial charge in [0, 0.05) is 13.2 Å². The van der Waals surface area contributed by atoms with E-state index in [0.717, 1.165) is 5.56 Å². The van der Waals surface area contributed by atoms with E-state index in [4.69, 9.17) is 5.73 Å². The number of carbonyl (C=O) groups excluding carboxylic acids is 1. The van der Waals surface area contributed by atoms with Gasteiger partial charge in [-0.15, -0.1) is 5.10 Å². The lowest BCUT2D eigenvalue weighted by Gasteiger charge is -2.09. The van der Waals surface area contributed by atoms with Gasteiger partial charge in [0.05, 0.1) is 18.2 Å². The number of aromatic nitrogens is 3. The van der Waals surface area contributed by atoms with Crippen molar-refractivity contribution < 1.29 is 4.79 Å². The maximum absolute atomic E-state index is 11.9. The van der Waals surface area contributed by atoms with Crippen LogP contribution in [0.3, 0.4) is 0 Å². The second-order valence-electron chi connectivity index (χ2n) is 3.91. The molecule has 0 aliphatic heterocycles. The number of carbonyl (C=O) groups is 1. The van der Waals surface area contributed by atoms with Crippen molar-refractivity contribution in [3.8, 4) is 0 Å². The molecule has 0 bridgehead atoms. The number of aryl methyl sites for hydroxylation is 1. The lowest BCUT2D eigenvalue weighted by Crippen LogP contribution is -2.23. The average Bonchev–Trinajstić information content (AvgIpc) is 2.75. The van der Waals surface area contributed by atoms with E-state index in [2.05, 4.69) is 10.3 Å². The maximum atomic E-state index is 11.9. The summed E-state index contributed by atoms with van der Waals surface area (Å²) in [6, 6.07) is 8.72. The van der Waals surface area contributed by atoms with Crippen molar-refractivity contribution in [3.63, 3.8) is 0 Å². The Morgan fingerprint density at radius 3 is 2.71 bits per heavy atom. The van der Waals surface area contributed by atoms with Gasteiger partial charge in [0.15, 0.2) is 5.78 Å². The molecule has 0 spiro atoms. The molecule has 0 aliphatic carbocycles. The summed E-state index contributed by atoms with van der Waals surface area (Å²) in [5.74, 6) is -0.0586. The highest BCUT2D eigenvalue weighted by molar-refractivity contribution is 5.86. The Bertz CT molecular complexity index is 506. The molecule has 0 saturated heterocycles. The van der Waals surface area contributed by atoms with Crippen molar-refractivity contribution in [1.82, 2.24) is 15.0 Å². The molecule has 0 amide bonds. The largest absolute Gasteiger partial charge is 0.318 e. The molecular weight excluding hydrogens is 216 g/mol. The van der Waals surface area contributed by atoms with Gasteiger partial charge >= 0.3 is 0 Å². The molecule has 17 heavy (non-hydrogen) atoms. The van der Waals surface area contributed by atoms with Crippen molar-refractivity contribution in [2.75, 3.05) is 0 Å². The molecule has 0 unspecified atom stereocenters. The van der Waals surface area contributed by atoms with Crippen molar-refractivity contribution in [1.29, 1.82) is 0 Å². The van der Waals surface area contributed by atoms with E-state index >= 15 is 0 Å². The number of hydrogen-bond donors (Lipinski definition) is 1. The molecule has 2 aromatic rings. The number of rotatable bonds is 4. The molecule has 1 aromatic heterocycles. The van der Waals surface area contributed by atoms with Crippen LogP contribution in [0, 0.1) is 0 Å². The van der Waals surface area contributed by atoms with Gasteiger partial charge < -0.3 is 5.73 Å². The van der Waals surface area contributed by atoms with Crippen LogP contribution in [0.2, 0.25) is 0 Å². The molecule has 2 rings (SSSR count). The van der Waals surface area contributed by atoms with Gasteiger partial charge in [-0.3, -0.25) is 9.48 Å². The summed E-state index contributed by atoms with van der Waals surface area (Å²) in [4.78, 5) is 11.9. The molecule has 0 fully saturated rings. The summed E-state index contributed by atoms with van der Waals surface area (Å²) in [6.07, 6.45) is 1.93. The number of Topliss-reactive ketones (excluding diaryl/α,β-unsaturated/α-hetero) is 1. The fourth-order valence-corrected chi connectivity index (χ4v) is 1.61. The second-order valence-corrected chi connectivity index (χ2v) is 3.91. The molecule has 1 aromatic carbocycles. The van der Waals surface area contributed by atoms with Gasteiger partial charge in [-0.2, -0.15) is 0 Å². The van der Waals surface area contributed by atoms with Crippen LogP contribution in [0.15, 0.2) is 36.5 Å². The van der Waals surface area contributed by atoms with Crippen molar-refractivity contribution in [2.45, 2.75) is 12.5 Å². The minimum Gasteiger partial charge on any atom is -0.318 e. The molecule has 88 valence electrons. The quantitative estimate of drug-likeness (QED) is 0.835. The summed E-state index contributed by atoms with van der Waals surface area (Å²) < 4.78 is 1.57. The fourth-order valence-electron chi connectivity index (χ4n) is 1.61. The number of benzene rings is 1. The third-order valence-electron chi connectivity index (χ3n) is 2.51. The van der Waals surface area contributed by atoms with E-state index in [0.29, 0.717) is 5.69 Å². The Kier molecular flexibility index (Phi) is 3.30. The zero-order valence-electron chi connectivity index (χ0n) is 9.58. The number of ketones is 1. The topological polar surface area (TPSA) is 73.8 Å². The summed E-state index contributed by atoms with van der Waals surface area (Å²) in [5.41, 5.74) is 7.35. The van der Waals surface area contributed by atoms with Gasteiger partial charge in [0.25, 0.3) is 0 Å². The number of nitrogens with two attached hydrogens (primary N) is 1. The third kappa shape index (κ3) is 2.76.